The van der Waals surface area contributed by atoms with Crippen LogP contribution in [0.1, 0.15) is 0 Å². The molecule has 12 aromatic rings. The first-order chi connectivity index (χ1) is 30.3. The maximum Gasteiger partial charge on any atom is 0.164 e. The van der Waals surface area contributed by atoms with E-state index in [9.17, 15) is 0 Å². The maximum absolute atomic E-state index is 5.05. The van der Waals surface area contributed by atoms with Crippen molar-refractivity contribution in [3.8, 4) is 73.2 Å². The van der Waals surface area contributed by atoms with Crippen molar-refractivity contribution in [2.45, 2.75) is 0 Å². The van der Waals surface area contributed by atoms with Crippen LogP contribution in [0.15, 0.2) is 206 Å². The molecule has 4 heteroatoms. The summed E-state index contributed by atoms with van der Waals surface area (Å²) < 4.78 is 2.53. The van der Waals surface area contributed by atoms with Gasteiger partial charge in [0, 0.05) is 38.5 Å². The van der Waals surface area contributed by atoms with Crippen LogP contribution in [0.3, 0.4) is 0 Å². The van der Waals surface area contributed by atoms with Gasteiger partial charge in [-0.05, 0) is 84.6 Å². The number of fused-ring (bicyclic) bond motifs is 12. The Morgan fingerprint density at radius 3 is 1.46 bits per heavy atom. The van der Waals surface area contributed by atoms with E-state index in [0.717, 1.165) is 33.5 Å². The van der Waals surface area contributed by atoms with Gasteiger partial charge in [0.2, 0.25) is 0 Å². The highest BCUT2D eigenvalue weighted by Gasteiger charge is 2.27. The lowest BCUT2D eigenvalue weighted by molar-refractivity contribution is 1.07. The Morgan fingerprint density at radius 1 is 0.279 bits per heavy atom. The molecule has 0 atom stereocenters. The smallest absolute Gasteiger partial charge is 0.164 e. The third-order valence-electron chi connectivity index (χ3n) is 12.5. The van der Waals surface area contributed by atoms with Gasteiger partial charge in [0.1, 0.15) is 0 Å². The number of benzene rings is 10. The van der Waals surface area contributed by atoms with Crippen LogP contribution in [0, 0.1) is 0 Å². The molecule has 0 radical (unpaired) electrons. The van der Waals surface area contributed by atoms with Gasteiger partial charge < -0.3 is 4.57 Å². The Hall–Kier alpha value is -8.21. The van der Waals surface area contributed by atoms with Crippen LogP contribution >= 0.6 is 0 Å². The van der Waals surface area contributed by atoms with Gasteiger partial charge in [-0.25, -0.2) is 15.0 Å². The highest BCUT2D eigenvalue weighted by atomic mass is 15.0. The van der Waals surface area contributed by atoms with Gasteiger partial charge in [-0.15, -0.1) is 0 Å². The Morgan fingerprint density at radius 2 is 0.754 bits per heavy atom. The number of hydrogen-bond acceptors (Lipinski definition) is 3. The minimum atomic E-state index is 0.635. The summed E-state index contributed by atoms with van der Waals surface area (Å²) in [4.78, 5) is 15.0. The van der Waals surface area contributed by atoms with E-state index in [1.54, 1.807) is 0 Å². The second-order valence-electron chi connectivity index (χ2n) is 15.9. The molecule has 0 amide bonds. The Kier molecular flexibility index (Phi) is 7.27. The molecule has 0 saturated heterocycles. The van der Waals surface area contributed by atoms with Crippen LogP contribution in [0.25, 0.3) is 127 Å². The van der Waals surface area contributed by atoms with E-state index in [1.807, 2.05) is 60.7 Å². The van der Waals surface area contributed by atoms with Crippen molar-refractivity contribution >= 4 is 54.1 Å². The molecule has 1 aliphatic rings. The zero-order valence-corrected chi connectivity index (χ0v) is 32.9. The van der Waals surface area contributed by atoms with Crippen LogP contribution in [0.5, 0.6) is 0 Å². The van der Waals surface area contributed by atoms with Crippen molar-refractivity contribution < 1.29 is 0 Å². The van der Waals surface area contributed by atoms with Crippen molar-refractivity contribution in [2.24, 2.45) is 0 Å². The molecule has 13 rings (SSSR count). The van der Waals surface area contributed by atoms with Crippen molar-refractivity contribution in [1.82, 2.24) is 19.5 Å². The van der Waals surface area contributed by atoms with Gasteiger partial charge in [0.15, 0.2) is 17.5 Å². The third kappa shape index (κ3) is 5.09. The van der Waals surface area contributed by atoms with Crippen molar-refractivity contribution in [2.75, 3.05) is 0 Å². The summed E-state index contributed by atoms with van der Waals surface area (Å²) in [6, 6.07) is 73.9. The van der Waals surface area contributed by atoms with E-state index in [-0.39, 0.29) is 0 Å². The molecule has 1 aliphatic carbocycles. The maximum atomic E-state index is 5.05. The largest absolute Gasteiger partial charge is 0.309 e. The summed E-state index contributed by atoms with van der Waals surface area (Å²) in [5.41, 5.74) is 13.7. The Bertz CT molecular complexity index is 3700. The van der Waals surface area contributed by atoms with E-state index in [2.05, 4.69) is 150 Å². The van der Waals surface area contributed by atoms with E-state index in [4.69, 9.17) is 15.0 Å². The van der Waals surface area contributed by atoms with Crippen molar-refractivity contribution in [3.05, 3.63) is 206 Å². The van der Waals surface area contributed by atoms with Crippen LogP contribution in [-0.4, -0.2) is 19.5 Å². The van der Waals surface area contributed by atoms with Crippen LogP contribution in [0.2, 0.25) is 0 Å². The Labute approximate surface area is 351 Å². The van der Waals surface area contributed by atoms with Crippen LogP contribution < -0.4 is 0 Å². The summed E-state index contributed by atoms with van der Waals surface area (Å²) in [7, 11) is 0. The number of rotatable bonds is 5. The standard InChI is InChI=1S/C57H34N4/c1-3-16-35(17-4-1)55-58-56(36-18-5-2-6-19-36)60-57(59-55)39-22-13-20-37(32-39)38-21-14-23-40(33-38)61-50-34-49-44-27-8-7-25-42(44)45-30-15-31-48(51(45)49)52(50)53-46-28-11-9-24-41(46)43-26-10-12-29-47(43)54(53)61/h1-34H. The molecule has 0 fully saturated rings. The minimum absolute atomic E-state index is 0.635. The highest BCUT2D eigenvalue weighted by molar-refractivity contribution is 6.38. The molecule has 2 aromatic heterocycles. The van der Waals surface area contributed by atoms with E-state index in [1.165, 1.54) is 76.4 Å². The first-order valence-electron chi connectivity index (χ1n) is 20.8. The fourth-order valence-corrected chi connectivity index (χ4v) is 9.90. The molecule has 0 N–H and O–H groups in total. The van der Waals surface area contributed by atoms with Gasteiger partial charge in [0.25, 0.3) is 0 Å². The SMILES string of the molecule is c1ccc(-c2nc(-c3ccccc3)nc(-c3cccc(-c4cccc(-n5c6cc7c8c(cccc8c6c6c8ccccc8c8ccccc8c65)-c5ccccc5-7)c4)c3)n2)cc1. The average molecular weight is 775 g/mol. The monoisotopic (exact) mass is 774 g/mol. The molecule has 10 aromatic carbocycles. The molecule has 4 nitrogen and oxygen atoms in total. The summed E-state index contributed by atoms with van der Waals surface area (Å²) >= 11 is 0. The normalized spacial score (nSPS) is 11.9. The van der Waals surface area contributed by atoms with E-state index >= 15 is 0 Å². The minimum Gasteiger partial charge on any atom is -0.309 e. The first kappa shape index (κ1) is 33.7. The molecule has 0 aliphatic heterocycles. The topological polar surface area (TPSA) is 43.6 Å². The lowest BCUT2D eigenvalue weighted by atomic mass is 9.94. The number of hydrogen-bond donors (Lipinski definition) is 0. The van der Waals surface area contributed by atoms with Gasteiger partial charge in [-0.2, -0.15) is 0 Å². The van der Waals surface area contributed by atoms with E-state index in [0.29, 0.717) is 17.5 Å². The molecule has 2 heterocycles. The summed E-state index contributed by atoms with van der Waals surface area (Å²) in [6.07, 6.45) is 0. The summed E-state index contributed by atoms with van der Waals surface area (Å²) in [6.45, 7) is 0. The molecule has 0 unspecified atom stereocenters. The number of nitrogens with zero attached hydrogens (tertiary/aromatic N) is 4. The molecule has 282 valence electrons. The van der Waals surface area contributed by atoms with Gasteiger partial charge >= 0.3 is 0 Å². The van der Waals surface area contributed by atoms with Crippen molar-refractivity contribution in [3.63, 3.8) is 0 Å². The van der Waals surface area contributed by atoms with Crippen LogP contribution in [-0.2, 0) is 0 Å². The predicted molar refractivity (Wildman–Crippen MR) is 253 cm³/mol. The molecule has 0 saturated carbocycles. The Balaban J connectivity index is 1.06. The molecular weight excluding hydrogens is 741 g/mol. The van der Waals surface area contributed by atoms with Crippen LogP contribution in [0.4, 0.5) is 0 Å². The molecule has 61 heavy (non-hydrogen) atoms. The zero-order chi connectivity index (χ0) is 40.0. The molecule has 0 spiro atoms. The van der Waals surface area contributed by atoms with Crippen molar-refractivity contribution in [1.29, 1.82) is 0 Å². The van der Waals surface area contributed by atoms with Gasteiger partial charge in [-0.3, -0.25) is 0 Å². The predicted octanol–water partition coefficient (Wildman–Crippen LogP) is 14.7. The first-order valence-corrected chi connectivity index (χ1v) is 20.8. The highest BCUT2D eigenvalue weighted by Crippen LogP contribution is 2.53. The zero-order valence-electron chi connectivity index (χ0n) is 32.9. The fraction of sp³-hybridized carbons (Fsp3) is 0. The fourth-order valence-electron chi connectivity index (χ4n) is 9.90. The average Bonchev–Trinajstić information content (AvgIpc) is 3.86. The second kappa shape index (κ2) is 13.2. The number of aromatic nitrogens is 4. The quantitative estimate of drug-likeness (QED) is 0.164. The third-order valence-corrected chi connectivity index (χ3v) is 12.5. The lowest BCUT2D eigenvalue weighted by Crippen LogP contribution is -2.00. The second-order valence-corrected chi connectivity index (χ2v) is 15.9. The van der Waals surface area contributed by atoms with Gasteiger partial charge in [0.05, 0.1) is 11.0 Å². The molecule has 0 bridgehead atoms. The lowest BCUT2D eigenvalue weighted by Gasteiger charge is -2.14. The molecular formula is C57H34N4. The van der Waals surface area contributed by atoms with E-state index < -0.39 is 0 Å². The summed E-state index contributed by atoms with van der Waals surface area (Å²) in [5.74, 6) is 1.93. The van der Waals surface area contributed by atoms with Gasteiger partial charge in [-0.1, -0.05) is 182 Å². The summed E-state index contributed by atoms with van der Waals surface area (Å²) in [5, 5.41) is 10.2.